The molecule has 2 aliphatic heterocycles. The third kappa shape index (κ3) is 1.98. The number of rotatable bonds is 2. The third-order valence-electron chi connectivity index (χ3n) is 3.62. The molecule has 5 nitrogen and oxygen atoms in total. The van der Waals surface area contributed by atoms with Gasteiger partial charge in [-0.25, -0.2) is 0 Å². The molecule has 1 N–H and O–H groups in total. The van der Waals surface area contributed by atoms with Crippen LogP contribution in [-0.2, 0) is 12.0 Å². The first-order chi connectivity index (χ1) is 7.97. The van der Waals surface area contributed by atoms with Crippen LogP contribution in [0.1, 0.15) is 32.5 Å². The zero-order chi connectivity index (χ0) is 12.1. The summed E-state index contributed by atoms with van der Waals surface area (Å²) in [6.07, 6.45) is 0. The van der Waals surface area contributed by atoms with E-state index in [0.29, 0.717) is 5.41 Å². The fraction of sp³-hybridized carbons (Fsp3) is 0.833. The van der Waals surface area contributed by atoms with E-state index in [1.54, 1.807) is 0 Å². The molecule has 1 spiro atoms. The summed E-state index contributed by atoms with van der Waals surface area (Å²) in [5.74, 6) is 1.55. The summed E-state index contributed by atoms with van der Waals surface area (Å²) in [7, 11) is 0. The van der Waals surface area contributed by atoms with E-state index in [-0.39, 0.29) is 5.41 Å². The van der Waals surface area contributed by atoms with Crippen molar-refractivity contribution in [1.29, 1.82) is 0 Å². The lowest BCUT2D eigenvalue weighted by molar-refractivity contribution is -0.0490. The maximum Gasteiger partial charge on any atom is 0.240 e. The van der Waals surface area contributed by atoms with Crippen LogP contribution in [0.2, 0.25) is 0 Å². The maximum absolute atomic E-state index is 5.30. The highest BCUT2D eigenvalue weighted by Gasteiger charge is 2.47. The van der Waals surface area contributed by atoms with Crippen LogP contribution in [0.5, 0.6) is 0 Å². The monoisotopic (exact) mass is 236 g/mol. The summed E-state index contributed by atoms with van der Waals surface area (Å²) in [5.41, 5.74) is 0.530. The Morgan fingerprint density at radius 3 is 2.53 bits per heavy atom. The van der Waals surface area contributed by atoms with Crippen LogP contribution in [0.25, 0.3) is 0 Å². The predicted molar refractivity (Wildman–Crippen MR) is 63.6 cm³/mol. The van der Waals surface area contributed by atoms with Crippen LogP contribution < -0.4 is 5.32 Å². The number of aromatic nitrogens is 2. The van der Waals surface area contributed by atoms with Crippen molar-refractivity contribution in [2.24, 2.45) is 5.41 Å². The largest absolute Gasteiger partial charge is 0.338 e. The molecule has 2 saturated heterocycles. The fourth-order valence-electron chi connectivity index (χ4n) is 2.53. The standard InChI is InChI=1S/C12H20N4O/c1-11(2,3)10-14-9(17-15-10)4-16-7-12(8-16)5-13-6-12/h13H,4-8H2,1-3H3. The van der Waals surface area contributed by atoms with Crippen molar-refractivity contribution in [2.75, 3.05) is 26.2 Å². The highest BCUT2D eigenvalue weighted by atomic mass is 16.5. The van der Waals surface area contributed by atoms with Gasteiger partial charge in [0.1, 0.15) is 0 Å². The Labute approximate surface area is 102 Å². The SMILES string of the molecule is CC(C)(C)c1noc(CN2CC3(CNC3)C2)n1. The van der Waals surface area contributed by atoms with Gasteiger partial charge in [-0.05, 0) is 0 Å². The summed E-state index contributed by atoms with van der Waals surface area (Å²) in [6, 6.07) is 0. The highest BCUT2D eigenvalue weighted by molar-refractivity contribution is 5.05. The second-order valence-corrected chi connectivity index (χ2v) is 6.51. The summed E-state index contributed by atoms with van der Waals surface area (Å²) >= 11 is 0. The molecule has 94 valence electrons. The van der Waals surface area contributed by atoms with Crippen LogP contribution in [0.3, 0.4) is 0 Å². The van der Waals surface area contributed by atoms with E-state index >= 15 is 0 Å². The van der Waals surface area contributed by atoms with Gasteiger partial charge in [0.05, 0.1) is 6.54 Å². The van der Waals surface area contributed by atoms with Gasteiger partial charge in [-0.15, -0.1) is 0 Å². The van der Waals surface area contributed by atoms with E-state index in [2.05, 4.69) is 41.1 Å². The van der Waals surface area contributed by atoms with Crippen molar-refractivity contribution in [3.8, 4) is 0 Å². The van der Waals surface area contributed by atoms with Crippen molar-refractivity contribution in [2.45, 2.75) is 32.7 Å². The Balaban J connectivity index is 1.57. The van der Waals surface area contributed by atoms with Crippen LogP contribution in [0.4, 0.5) is 0 Å². The van der Waals surface area contributed by atoms with Gasteiger partial charge in [0.25, 0.3) is 0 Å². The second kappa shape index (κ2) is 3.53. The molecule has 5 heteroatoms. The molecule has 0 amide bonds. The first-order valence-electron chi connectivity index (χ1n) is 6.23. The minimum Gasteiger partial charge on any atom is -0.338 e. The molecule has 0 bridgehead atoms. The van der Waals surface area contributed by atoms with Crippen molar-refractivity contribution in [1.82, 2.24) is 20.4 Å². The zero-order valence-electron chi connectivity index (χ0n) is 10.8. The molecule has 0 aromatic carbocycles. The highest BCUT2D eigenvalue weighted by Crippen LogP contribution is 2.34. The average molecular weight is 236 g/mol. The quantitative estimate of drug-likeness (QED) is 0.822. The third-order valence-corrected chi connectivity index (χ3v) is 3.62. The molecule has 1 aromatic rings. The van der Waals surface area contributed by atoms with E-state index < -0.39 is 0 Å². The summed E-state index contributed by atoms with van der Waals surface area (Å²) in [5, 5.41) is 7.38. The topological polar surface area (TPSA) is 54.2 Å². The summed E-state index contributed by atoms with van der Waals surface area (Å²) in [6.45, 7) is 11.7. The van der Waals surface area contributed by atoms with Crippen molar-refractivity contribution in [3.63, 3.8) is 0 Å². The first-order valence-corrected chi connectivity index (χ1v) is 6.23. The molecule has 0 saturated carbocycles. The van der Waals surface area contributed by atoms with Crippen molar-refractivity contribution < 1.29 is 4.52 Å². The molecule has 0 radical (unpaired) electrons. The van der Waals surface area contributed by atoms with Crippen molar-refractivity contribution >= 4 is 0 Å². The predicted octanol–water partition coefficient (Wildman–Crippen LogP) is 0.772. The minimum atomic E-state index is -0.0319. The lowest BCUT2D eigenvalue weighted by atomic mass is 9.74. The zero-order valence-corrected chi connectivity index (χ0v) is 10.8. The molecule has 0 unspecified atom stereocenters. The Bertz CT molecular complexity index is 408. The lowest BCUT2D eigenvalue weighted by Gasteiger charge is -2.55. The van der Waals surface area contributed by atoms with Gasteiger partial charge in [0.2, 0.25) is 5.89 Å². The molecule has 2 aliphatic rings. The van der Waals surface area contributed by atoms with Crippen LogP contribution in [-0.4, -0.2) is 41.2 Å². The Morgan fingerprint density at radius 2 is 2.06 bits per heavy atom. The molecular formula is C12H20N4O. The van der Waals surface area contributed by atoms with Gasteiger partial charge < -0.3 is 9.84 Å². The molecular weight excluding hydrogens is 216 g/mol. The van der Waals surface area contributed by atoms with E-state index in [4.69, 9.17) is 4.52 Å². The first kappa shape index (κ1) is 11.2. The fourth-order valence-corrected chi connectivity index (χ4v) is 2.53. The number of nitrogens with zero attached hydrogens (tertiary/aromatic N) is 3. The Morgan fingerprint density at radius 1 is 1.35 bits per heavy atom. The maximum atomic E-state index is 5.30. The number of likely N-dealkylation sites (tertiary alicyclic amines) is 1. The minimum absolute atomic E-state index is 0.0319. The summed E-state index contributed by atoms with van der Waals surface area (Å²) in [4.78, 5) is 6.84. The summed E-state index contributed by atoms with van der Waals surface area (Å²) < 4.78 is 5.30. The average Bonchev–Trinajstić information content (AvgIpc) is 2.54. The molecule has 3 rings (SSSR count). The van der Waals surface area contributed by atoms with Gasteiger partial charge in [-0.2, -0.15) is 4.98 Å². The van der Waals surface area contributed by atoms with E-state index in [1.165, 1.54) is 13.1 Å². The Kier molecular flexibility index (Phi) is 2.32. The van der Waals surface area contributed by atoms with Crippen LogP contribution in [0.15, 0.2) is 4.52 Å². The van der Waals surface area contributed by atoms with E-state index in [1.807, 2.05) is 0 Å². The van der Waals surface area contributed by atoms with E-state index in [0.717, 1.165) is 31.3 Å². The normalized spacial score (nSPS) is 23.5. The van der Waals surface area contributed by atoms with Gasteiger partial charge in [-0.1, -0.05) is 25.9 Å². The van der Waals surface area contributed by atoms with Crippen LogP contribution in [0, 0.1) is 5.41 Å². The Hall–Kier alpha value is -0.940. The second-order valence-electron chi connectivity index (χ2n) is 6.51. The van der Waals surface area contributed by atoms with Crippen LogP contribution >= 0.6 is 0 Å². The van der Waals surface area contributed by atoms with Gasteiger partial charge >= 0.3 is 0 Å². The van der Waals surface area contributed by atoms with Gasteiger partial charge in [0.15, 0.2) is 5.82 Å². The number of nitrogens with one attached hydrogen (secondary N) is 1. The van der Waals surface area contributed by atoms with Crippen molar-refractivity contribution in [3.05, 3.63) is 11.7 Å². The molecule has 2 fully saturated rings. The lowest BCUT2D eigenvalue weighted by Crippen LogP contribution is -2.70. The van der Waals surface area contributed by atoms with Gasteiger partial charge in [0, 0.05) is 37.0 Å². The number of hydrogen-bond donors (Lipinski definition) is 1. The number of hydrogen-bond acceptors (Lipinski definition) is 5. The molecule has 17 heavy (non-hydrogen) atoms. The molecule has 3 heterocycles. The molecule has 0 atom stereocenters. The van der Waals surface area contributed by atoms with E-state index in [9.17, 15) is 0 Å². The smallest absolute Gasteiger partial charge is 0.240 e. The van der Waals surface area contributed by atoms with Gasteiger partial charge in [-0.3, -0.25) is 4.90 Å². The molecule has 1 aromatic heterocycles. The molecule has 0 aliphatic carbocycles.